The third-order valence-electron chi connectivity index (χ3n) is 2.71. The van der Waals surface area contributed by atoms with E-state index >= 15 is 0 Å². The fourth-order valence-electron chi connectivity index (χ4n) is 1.38. The third kappa shape index (κ3) is 3.80. The van der Waals surface area contributed by atoms with Gasteiger partial charge in [-0.05, 0) is 25.0 Å². The molecule has 5 heteroatoms. The first-order chi connectivity index (χ1) is 7.86. The van der Waals surface area contributed by atoms with Crippen molar-refractivity contribution in [2.45, 2.75) is 26.1 Å². The highest BCUT2D eigenvalue weighted by Gasteiger charge is 2.33. The molecular weight excluding hydrogens is 251 g/mol. The smallest absolute Gasteiger partial charge is 0.382 e. The Bertz CT molecular complexity index is 365. The minimum Gasteiger partial charge on any atom is -0.382 e. The predicted octanol–water partition coefficient (Wildman–Crippen LogP) is 4.38. The molecule has 0 saturated heterocycles. The van der Waals surface area contributed by atoms with E-state index < -0.39 is 11.7 Å². The number of benzene rings is 1. The van der Waals surface area contributed by atoms with Crippen molar-refractivity contribution in [2.75, 3.05) is 11.2 Å². The minimum atomic E-state index is -4.34. The standard InChI is InChI=1S/C12H15ClF3N/c1-8(7-13)9(2)17-11-6-4-3-5-10(11)12(14,15)16/h3-6,8-9,17H,7H2,1-2H3. The predicted molar refractivity (Wildman–Crippen MR) is 64.4 cm³/mol. The summed E-state index contributed by atoms with van der Waals surface area (Å²) in [5, 5.41) is 2.86. The van der Waals surface area contributed by atoms with Gasteiger partial charge >= 0.3 is 6.18 Å². The Morgan fingerprint density at radius 1 is 1.24 bits per heavy atom. The molecule has 0 aliphatic carbocycles. The summed E-state index contributed by atoms with van der Waals surface area (Å²) in [5.74, 6) is 0.500. The monoisotopic (exact) mass is 265 g/mol. The van der Waals surface area contributed by atoms with Crippen LogP contribution < -0.4 is 5.32 Å². The molecule has 2 unspecified atom stereocenters. The summed E-state index contributed by atoms with van der Waals surface area (Å²) in [6.07, 6.45) is -4.34. The largest absolute Gasteiger partial charge is 0.418 e. The zero-order valence-corrected chi connectivity index (χ0v) is 10.4. The van der Waals surface area contributed by atoms with E-state index in [2.05, 4.69) is 5.32 Å². The van der Waals surface area contributed by atoms with Crippen molar-refractivity contribution in [3.8, 4) is 0 Å². The molecule has 0 bridgehead atoms. The summed E-state index contributed by atoms with van der Waals surface area (Å²) in [6.45, 7) is 3.71. The zero-order chi connectivity index (χ0) is 13.1. The van der Waals surface area contributed by atoms with Gasteiger partial charge in [-0.1, -0.05) is 19.1 Å². The molecule has 0 aromatic heterocycles. The van der Waals surface area contributed by atoms with E-state index in [4.69, 9.17) is 11.6 Å². The van der Waals surface area contributed by atoms with Crippen molar-refractivity contribution in [2.24, 2.45) is 5.92 Å². The summed E-state index contributed by atoms with van der Waals surface area (Å²) in [6, 6.07) is 5.34. The summed E-state index contributed by atoms with van der Waals surface area (Å²) in [5.41, 5.74) is -0.543. The lowest BCUT2D eigenvalue weighted by molar-refractivity contribution is -0.137. The van der Waals surface area contributed by atoms with Gasteiger partial charge in [0.1, 0.15) is 0 Å². The number of alkyl halides is 4. The van der Waals surface area contributed by atoms with Gasteiger partial charge < -0.3 is 5.32 Å². The van der Waals surface area contributed by atoms with Crippen LogP contribution in [0.25, 0.3) is 0 Å². The van der Waals surface area contributed by atoms with E-state index in [9.17, 15) is 13.2 Å². The third-order valence-corrected chi connectivity index (χ3v) is 3.20. The second kappa shape index (κ2) is 5.63. The first-order valence-corrected chi connectivity index (χ1v) is 5.88. The average molecular weight is 266 g/mol. The molecule has 0 spiro atoms. The molecule has 96 valence electrons. The van der Waals surface area contributed by atoms with Gasteiger partial charge in [0.05, 0.1) is 5.56 Å². The molecule has 1 rings (SSSR count). The molecule has 0 aliphatic heterocycles. The molecule has 1 aromatic carbocycles. The van der Waals surface area contributed by atoms with Gasteiger partial charge in [-0.25, -0.2) is 0 Å². The van der Waals surface area contributed by atoms with Crippen molar-refractivity contribution in [1.29, 1.82) is 0 Å². The normalized spacial score (nSPS) is 15.4. The van der Waals surface area contributed by atoms with Crippen molar-refractivity contribution in [3.63, 3.8) is 0 Å². The van der Waals surface area contributed by atoms with Gasteiger partial charge in [0.2, 0.25) is 0 Å². The quantitative estimate of drug-likeness (QED) is 0.797. The van der Waals surface area contributed by atoms with Crippen molar-refractivity contribution >= 4 is 17.3 Å². The highest BCUT2D eigenvalue weighted by molar-refractivity contribution is 6.18. The van der Waals surface area contributed by atoms with Crippen LogP contribution in [0.15, 0.2) is 24.3 Å². The van der Waals surface area contributed by atoms with Crippen LogP contribution in [0.1, 0.15) is 19.4 Å². The number of hydrogen-bond donors (Lipinski definition) is 1. The maximum absolute atomic E-state index is 12.7. The van der Waals surface area contributed by atoms with Gasteiger partial charge in [-0.3, -0.25) is 0 Å². The maximum atomic E-state index is 12.7. The lowest BCUT2D eigenvalue weighted by Crippen LogP contribution is -2.26. The van der Waals surface area contributed by atoms with Gasteiger partial charge in [0.25, 0.3) is 0 Å². The Morgan fingerprint density at radius 3 is 2.35 bits per heavy atom. The van der Waals surface area contributed by atoms with Crippen LogP contribution in [0.5, 0.6) is 0 Å². The van der Waals surface area contributed by atoms with Gasteiger partial charge in [0, 0.05) is 17.6 Å². The van der Waals surface area contributed by atoms with Crippen molar-refractivity contribution in [3.05, 3.63) is 29.8 Å². The van der Waals surface area contributed by atoms with Crippen LogP contribution in [0.4, 0.5) is 18.9 Å². The minimum absolute atomic E-state index is 0.0953. The molecule has 0 fully saturated rings. The molecule has 0 radical (unpaired) electrons. The Labute approximate surface area is 104 Å². The summed E-state index contributed by atoms with van der Waals surface area (Å²) >= 11 is 5.68. The van der Waals surface area contributed by atoms with Gasteiger partial charge in [-0.15, -0.1) is 11.6 Å². The topological polar surface area (TPSA) is 12.0 Å². The molecule has 17 heavy (non-hydrogen) atoms. The summed E-state index contributed by atoms with van der Waals surface area (Å²) in [7, 11) is 0. The van der Waals surface area contributed by atoms with Crippen LogP contribution >= 0.6 is 11.6 Å². The number of nitrogens with one attached hydrogen (secondary N) is 1. The number of para-hydroxylation sites is 1. The van der Waals surface area contributed by atoms with E-state index in [1.54, 1.807) is 6.07 Å². The molecule has 1 aromatic rings. The first-order valence-electron chi connectivity index (χ1n) is 5.35. The number of rotatable bonds is 4. The summed E-state index contributed by atoms with van der Waals surface area (Å²) in [4.78, 5) is 0. The van der Waals surface area contributed by atoms with Gasteiger partial charge in [-0.2, -0.15) is 13.2 Å². The average Bonchev–Trinajstić information content (AvgIpc) is 2.27. The molecule has 0 amide bonds. The van der Waals surface area contributed by atoms with E-state index in [1.807, 2.05) is 13.8 Å². The van der Waals surface area contributed by atoms with Crippen LogP contribution in [-0.2, 0) is 6.18 Å². The highest BCUT2D eigenvalue weighted by Crippen LogP contribution is 2.35. The SMILES string of the molecule is CC(CCl)C(C)Nc1ccccc1C(F)(F)F. The van der Waals surface area contributed by atoms with Crippen LogP contribution in [0, 0.1) is 5.92 Å². The lowest BCUT2D eigenvalue weighted by Gasteiger charge is -2.22. The van der Waals surface area contributed by atoms with E-state index in [0.29, 0.717) is 5.88 Å². The maximum Gasteiger partial charge on any atom is 0.418 e. The van der Waals surface area contributed by atoms with E-state index in [1.165, 1.54) is 12.1 Å². The van der Waals surface area contributed by atoms with Crippen LogP contribution in [0.2, 0.25) is 0 Å². The molecule has 1 nitrogen and oxygen atoms in total. The van der Waals surface area contributed by atoms with Gasteiger partial charge in [0.15, 0.2) is 0 Å². The van der Waals surface area contributed by atoms with Crippen LogP contribution in [-0.4, -0.2) is 11.9 Å². The molecular formula is C12H15ClF3N. The number of anilines is 1. The number of halogens is 4. The molecule has 0 aliphatic rings. The second-order valence-corrected chi connectivity index (χ2v) is 4.42. The lowest BCUT2D eigenvalue weighted by atomic mass is 10.0. The molecule has 0 saturated carbocycles. The van der Waals surface area contributed by atoms with Crippen molar-refractivity contribution < 1.29 is 13.2 Å². The van der Waals surface area contributed by atoms with Crippen LogP contribution in [0.3, 0.4) is 0 Å². The fourth-order valence-corrected chi connectivity index (χ4v) is 1.64. The highest BCUT2D eigenvalue weighted by atomic mass is 35.5. The summed E-state index contributed by atoms with van der Waals surface area (Å²) < 4.78 is 38.1. The fraction of sp³-hybridized carbons (Fsp3) is 0.500. The second-order valence-electron chi connectivity index (χ2n) is 4.11. The molecule has 1 N–H and O–H groups in total. The van der Waals surface area contributed by atoms with E-state index in [-0.39, 0.29) is 17.6 Å². The molecule has 0 heterocycles. The van der Waals surface area contributed by atoms with E-state index in [0.717, 1.165) is 6.07 Å². The Morgan fingerprint density at radius 2 is 1.82 bits per heavy atom. The van der Waals surface area contributed by atoms with Crippen molar-refractivity contribution in [1.82, 2.24) is 0 Å². The Hall–Kier alpha value is -0.900. The first kappa shape index (κ1) is 14.2. The molecule has 2 atom stereocenters. The Balaban J connectivity index is 2.91. The number of hydrogen-bond acceptors (Lipinski definition) is 1. The Kier molecular flexibility index (Phi) is 4.69. The zero-order valence-electron chi connectivity index (χ0n) is 9.68.